The van der Waals surface area contributed by atoms with Gasteiger partial charge >= 0.3 is 0 Å². The Morgan fingerprint density at radius 3 is 2.55 bits per heavy atom. The van der Waals surface area contributed by atoms with E-state index in [2.05, 4.69) is 85.7 Å². The van der Waals surface area contributed by atoms with Gasteiger partial charge in [0.15, 0.2) is 5.96 Å². The summed E-state index contributed by atoms with van der Waals surface area (Å²) >= 11 is 0. The maximum absolute atomic E-state index is 4.77. The zero-order valence-electron chi connectivity index (χ0n) is 19.0. The summed E-state index contributed by atoms with van der Waals surface area (Å²) in [4.78, 5) is 7.16. The van der Waals surface area contributed by atoms with Gasteiger partial charge in [0, 0.05) is 45.0 Å². The molecule has 6 nitrogen and oxygen atoms in total. The lowest BCUT2D eigenvalue weighted by atomic mass is 10.1. The molecule has 1 aromatic carbocycles. The Labute approximate surface area is 176 Å². The molecular weight excluding hydrogens is 360 g/mol. The molecule has 1 aromatic heterocycles. The molecule has 1 heterocycles. The van der Waals surface area contributed by atoms with Gasteiger partial charge in [-0.3, -0.25) is 14.6 Å². The minimum atomic E-state index is 0.475. The molecule has 2 rings (SSSR count). The van der Waals surface area contributed by atoms with E-state index in [4.69, 9.17) is 4.99 Å². The minimum Gasteiger partial charge on any atom is -0.357 e. The Morgan fingerprint density at radius 2 is 1.93 bits per heavy atom. The highest BCUT2D eigenvalue weighted by Gasteiger charge is 2.11. The smallest absolute Gasteiger partial charge is 0.191 e. The molecule has 0 aliphatic heterocycles. The summed E-state index contributed by atoms with van der Waals surface area (Å²) < 4.78 is 1.96. The first-order valence-electron chi connectivity index (χ1n) is 10.7. The molecule has 2 aromatic rings. The van der Waals surface area contributed by atoms with Crippen molar-refractivity contribution in [3.63, 3.8) is 0 Å². The molecule has 0 aliphatic rings. The molecule has 0 spiro atoms. The summed E-state index contributed by atoms with van der Waals surface area (Å²) in [6.07, 6.45) is 1.98. The molecule has 0 saturated carbocycles. The molecule has 2 N–H and O–H groups in total. The van der Waals surface area contributed by atoms with Gasteiger partial charge in [0.25, 0.3) is 0 Å². The van der Waals surface area contributed by atoms with Crippen molar-refractivity contribution in [2.45, 2.75) is 53.1 Å². The normalized spacial score (nSPS) is 13.0. The maximum atomic E-state index is 4.77. The van der Waals surface area contributed by atoms with E-state index >= 15 is 0 Å². The molecule has 0 saturated heterocycles. The van der Waals surface area contributed by atoms with Crippen LogP contribution in [0.3, 0.4) is 0 Å². The van der Waals surface area contributed by atoms with Gasteiger partial charge in [-0.15, -0.1) is 0 Å². The maximum Gasteiger partial charge on any atom is 0.191 e. The molecule has 6 heteroatoms. The van der Waals surface area contributed by atoms with E-state index in [1.54, 1.807) is 0 Å². The molecule has 1 unspecified atom stereocenters. The largest absolute Gasteiger partial charge is 0.357 e. The number of nitrogens with one attached hydrogen (secondary N) is 2. The molecule has 0 aliphatic carbocycles. The number of nitrogens with zero attached hydrogens (tertiary/aromatic N) is 4. The van der Waals surface area contributed by atoms with Crippen LogP contribution in [0.5, 0.6) is 0 Å². The van der Waals surface area contributed by atoms with Gasteiger partial charge in [-0.2, -0.15) is 5.10 Å². The zero-order valence-corrected chi connectivity index (χ0v) is 19.0. The topological polar surface area (TPSA) is 57.5 Å². The van der Waals surface area contributed by atoms with Crippen LogP contribution in [0.2, 0.25) is 0 Å². The van der Waals surface area contributed by atoms with Crippen LogP contribution in [-0.2, 0) is 20.0 Å². The average Bonchev–Trinajstić information content (AvgIpc) is 2.94. The van der Waals surface area contributed by atoms with Gasteiger partial charge in [0.2, 0.25) is 0 Å². The zero-order chi connectivity index (χ0) is 21.2. The van der Waals surface area contributed by atoms with Crippen molar-refractivity contribution in [3.05, 3.63) is 52.8 Å². The van der Waals surface area contributed by atoms with Crippen molar-refractivity contribution >= 4 is 5.96 Å². The van der Waals surface area contributed by atoms with E-state index in [-0.39, 0.29) is 0 Å². The van der Waals surface area contributed by atoms with Crippen LogP contribution in [0.25, 0.3) is 0 Å². The standard InChI is InChI=1S/C23H38N6/c1-7-24-23(26-16-14-22-19(3)27-29(6)20(22)4)25-15-13-18(2)28(5)17-21-11-9-8-10-12-21/h8-12,18H,7,13-17H2,1-6H3,(H2,24,25,26). The molecule has 160 valence electrons. The Bertz CT molecular complexity index is 765. The van der Waals surface area contributed by atoms with Crippen LogP contribution >= 0.6 is 0 Å². The second-order valence-corrected chi connectivity index (χ2v) is 7.75. The summed E-state index contributed by atoms with van der Waals surface area (Å²) in [7, 11) is 4.18. The number of hydrogen-bond donors (Lipinski definition) is 2. The van der Waals surface area contributed by atoms with E-state index in [0.29, 0.717) is 6.04 Å². The van der Waals surface area contributed by atoms with Gasteiger partial charge < -0.3 is 10.6 Å². The lowest BCUT2D eigenvalue weighted by molar-refractivity contribution is 0.240. The summed E-state index contributed by atoms with van der Waals surface area (Å²) in [5.74, 6) is 0.893. The highest BCUT2D eigenvalue weighted by Crippen LogP contribution is 2.12. The van der Waals surface area contributed by atoms with E-state index in [0.717, 1.165) is 50.7 Å². The minimum absolute atomic E-state index is 0.475. The predicted molar refractivity (Wildman–Crippen MR) is 122 cm³/mol. The molecule has 0 bridgehead atoms. The van der Waals surface area contributed by atoms with Gasteiger partial charge in [-0.05, 0) is 58.7 Å². The number of benzene rings is 1. The molecular formula is C23H38N6. The first kappa shape index (κ1) is 22.9. The number of aliphatic imine (C=N–C) groups is 1. The van der Waals surface area contributed by atoms with E-state index < -0.39 is 0 Å². The van der Waals surface area contributed by atoms with E-state index in [1.807, 2.05) is 11.7 Å². The summed E-state index contributed by atoms with van der Waals surface area (Å²) in [5.41, 5.74) is 5.03. The van der Waals surface area contributed by atoms with Crippen molar-refractivity contribution in [1.29, 1.82) is 0 Å². The predicted octanol–water partition coefficient (Wildman–Crippen LogP) is 3.05. The van der Waals surface area contributed by atoms with Crippen molar-refractivity contribution in [3.8, 4) is 0 Å². The second kappa shape index (κ2) is 11.6. The van der Waals surface area contributed by atoms with Crippen LogP contribution < -0.4 is 10.6 Å². The fraction of sp³-hybridized carbons (Fsp3) is 0.565. The third-order valence-corrected chi connectivity index (χ3v) is 5.51. The van der Waals surface area contributed by atoms with Crippen molar-refractivity contribution in [2.75, 3.05) is 26.7 Å². The van der Waals surface area contributed by atoms with E-state index in [9.17, 15) is 0 Å². The number of aryl methyl sites for hydroxylation is 2. The third-order valence-electron chi connectivity index (χ3n) is 5.51. The van der Waals surface area contributed by atoms with Crippen molar-refractivity contribution < 1.29 is 0 Å². The first-order valence-corrected chi connectivity index (χ1v) is 10.7. The Morgan fingerprint density at radius 1 is 1.21 bits per heavy atom. The summed E-state index contributed by atoms with van der Waals surface area (Å²) in [5, 5.41) is 11.3. The molecule has 0 radical (unpaired) electrons. The molecule has 0 fully saturated rings. The van der Waals surface area contributed by atoms with Gasteiger partial charge in [-0.25, -0.2) is 0 Å². The van der Waals surface area contributed by atoms with Crippen LogP contribution in [0.1, 0.15) is 42.8 Å². The monoisotopic (exact) mass is 398 g/mol. The Hall–Kier alpha value is -2.34. The summed E-state index contributed by atoms with van der Waals surface area (Å²) in [6.45, 7) is 12.1. The Balaban J connectivity index is 1.80. The van der Waals surface area contributed by atoms with Crippen molar-refractivity contribution in [2.24, 2.45) is 12.0 Å². The summed E-state index contributed by atoms with van der Waals surface area (Å²) in [6, 6.07) is 11.1. The highest BCUT2D eigenvalue weighted by molar-refractivity contribution is 5.79. The van der Waals surface area contributed by atoms with Gasteiger partial charge in [-0.1, -0.05) is 30.3 Å². The van der Waals surface area contributed by atoms with E-state index in [1.165, 1.54) is 16.8 Å². The number of rotatable bonds is 10. The lowest BCUT2D eigenvalue weighted by Crippen LogP contribution is -2.38. The van der Waals surface area contributed by atoms with Gasteiger partial charge in [0.05, 0.1) is 5.69 Å². The fourth-order valence-electron chi connectivity index (χ4n) is 3.44. The average molecular weight is 399 g/mol. The van der Waals surface area contributed by atoms with Crippen LogP contribution in [-0.4, -0.2) is 53.4 Å². The Kier molecular flexibility index (Phi) is 9.19. The lowest BCUT2D eigenvalue weighted by Gasteiger charge is -2.24. The second-order valence-electron chi connectivity index (χ2n) is 7.75. The number of hydrogen-bond acceptors (Lipinski definition) is 3. The highest BCUT2D eigenvalue weighted by atomic mass is 15.3. The van der Waals surface area contributed by atoms with Crippen LogP contribution in [0.15, 0.2) is 35.3 Å². The third kappa shape index (κ3) is 7.20. The SMILES string of the molecule is CCNC(=NCCC(C)N(C)Cc1ccccc1)NCCc1c(C)nn(C)c1C. The van der Waals surface area contributed by atoms with Crippen LogP contribution in [0.4, 0.5) is 0 Å². The molecule has 0 amide bonds. The molecule has 1 atom stereocenters. The fourth-order valence-corrected chi connectivity index (χ4v) is 3.44. The van der Waals surface area contributed by atoms with Crippen LogP contribution in [0, 0.1) is 13.8 Å². The number of guanidine groups is 1. The van der Waals surface area contributed by atoms with Gasteiger partial charge in [0.1, 0.15) is 0 Å². The number of aromatic nitrogens is 2. The first-order chi connectivity index (χ1) is 13.9. The quantitative estimate of drug-likeness (QED) is 0.477. The van der Waals surface area contributed by atoms with Crippen molar-refractivity contribution in [1.82, 2.24) is 25.3 Å². The molecule has 29 heavy (non-hydrogen) atoms.